The first-order valence-electron chi connectivity index (χ1n) is 9.68. The number of nitrogens with one attached hydrogen (secondary N) is 1. The fraction of sp³-hybridized carbons (Fsp3) is 0.125. The molecule has 0 fully saturated rings. The monoisotopic (exact) mass is 417 g/mol. The molecule has 4 rings (SSSR count). The van der Waals surface area contributed by atoms with Gasteiger partial charge in [0, 0.05) is 17.7 Å². The van der Waals surface area contributed by atoms with Crippen LogP contribution in [0, 0.1) is 12.7 Å². The third kappa shape index (κ3) is 4.08. The van der Waals surface area contributed by atoms with Crippen LogP contribution in [0.5, 0.6) is 0 Å². The topological polar surface area (TPSA) is 88.2 Å². The van der Waals surface area contributed by atoms with E-state index in [2.05, 4.69) is 34.5 Å². The number of carboxylic acid groups (broad SMARTS) is 1. The fourth-order valence-corrected chi connectivity index (χ4v) is 3.49. The molecular weight excluding hydrogens is 397 g/mol. The van der Waals surface area contributed by atoms with E-state index in [1.165, 1.54) is 17.7 Å². The van der Waals surface area contributed by atoms with Gasteiger partial charge < -0.3 is 14.9 Å². The molecule has 0 unspecified atom stereocenters. The Bertz CT molecular complexity index is 1270. The maximum atomic E-state index is 14.0. The molecule has 0 saturated heterocycles. The van der Waals surface area contributed by atoms with Gasteiger partial charge in [-0.05, 0) is 66.6 Å². The van der Waals surface area contributed by atoms with Gasteiger partial charge in [0.05, 0.1) is 5.56 Å². The lowest BCUT2D eigenvalue weighted by Gasteiger charge is -2.13. The van der Waals surface area contributed by atoms with Crippen molar-refractivity contribution < 1.29 is 18.8 Å². The van der Waals surface area contributed by atoms with Gasteiger partial charge in [-0.15, -0.1) is 0 Å². The lowest BCUT2D eigenvalue weighted by atomic mass is 9.94. The Hall–Kier alpha value is -3.84. The highest BCUT2D eigenvalue weighted by Crippen LogP contribution is 2.31. The lowest BCUT2D eigenvalue weighted by molar-refractivity contribution is 0.0692. The number of benzene rings is 3. The van der Waals surface area contributed by atoms with Crippen LogP contribution in [-0.2, 0) is 6.54 Å². The summed E-state index contributed by atoms with van der Waals surface area (Å²) in [4.78, 5) is 15.4. The molecule has 1 heterocycles. The molecule has 0 saturated carbocycles. The van der Waals surface area contributed by atoms with Crippen LogP contribution in [-0.4, -0.2) is 28.3 Å². The van der Waals surface area contributed by atoms with Crippen LogP contribution < -0.4 is 5.32 Å². The van der Waals surface area contributed by atoms with Crippen molar-refractivity contribution in [2.45, 2.75) is 13.5 Å². The van der Waals surface area contributed by atoms with Gasteiger partial charge in [-0.25, -0.2) is 9.18 Å². The third-order valence-electron chi connectivity index (χ3n) is 5.04. The van der Waals surface area contributed by atoms with E-state index in [9.17, 15) is 9.18 Å². The van der Waals surface area contributed by atoms with Gasteiger partial charge in [-0.1, -0.05) is 35.5 Å². The summed E-state index contributed by atoms with van der Waals surface area (Å²) in [7, 11) is 1.88. The second-order valence-electron chi connectivity index (χ2n) is 7.14. The van der Waals surface area contributed by atoms with E-state index in [0.29, 0.717) is 18.0 Å². The quantitative estimate of drug-likeness (QED) is 0.462. The molecule has 31 heavy (non-hydrogen) atoms. The molecule has 0 atom stereocenters. The van der Waals surface area contributed by atoms with Gasteiger partial charge in [-0.3, -0.25) is 0 Å². The molecule has 0 radical (unpaired) electrons. The zero-order valence-electron chi connectivity index (χ0n) is 17.0. The van der Waals surface area contributed by atoms with Gasteiger partial charge in [0.2, 0.25) is 5.82 Å². The fourth-order valence-electron chi connectivity index (χ4n) is 3.49. The Morgan fingerprint density at radius 3 is 2.55 bits per heavy atom. The highest BCUT2D eigenvalue weighted by molar-refractivity contribution is 5.88. The maximum absolute atomic E-state index is 14.0. The van der Waals surface area contributed by atoms with Crippen LogP contribution in [0.2, 0.25) is 0 Å². The minimum atomic E-state index is -1.33. The number of rotatable bonds is 6. The summed E-state index contributed by atoms with van der Waals surface area (Å²) in [5.41, 5.74) is 5.19. The molecule has 0 aliphatic carbocycles. The summed E-state index contributed by atoms with van der Waals surface area (Å²) >= 11 is 0. The van der Waals surface area contributed by atoms with E-state index in [0.717, 1.165) is 28.3 Å². The Labute approximate surface area is 178 Å². The predicted molar refractivity (Wildman–Crippen MR) is 115 cm³/mol. The molecule has 0 aliphatic heterocycles. The Balaban J connectivity index is 1.70. The highest BCUT2D eigenvalue weighted by Gasteiger charge is 2.16. The number of hydrogen-bond donors (Lipinski definition) is 2. The first kappa shape index (κ1) is 20.4. The first-order valence-corrected chi connectivity index (χ1v) is 9.68. The number of hydrogen-bond acceptors (Lipinski definition) is 5. The van der Waals surface area contributed by atoms with Crippen LogP contribution in [0.3, 0.4) is 0 Å². The molecule has 6 nitrogen and oxygen atoms in total. The van der Waals surface area contributed by atoms with Crippen molar-refractivity contribution in [2.24, 2.45) is 0 Å². The highest BCUT2D eigenvalue weighted by atomic mass is 19.1. The van der Waals surface area contributed by atoms with Crippen molar-refractivity contribution in [1.82, 2.24) is 15.5 Å². The number of aryl methyl sites for hydroxylation is 1. The molecule has 0 bridgehead atoms. The Morgan fingerprint density at radius 2 is 1.84 bits per heavy atom. The van der Waals surface area contributed by atoms with Crippen LogP contribution in [0.15, 0.2) is 65.2 Å². The summed E-state index contributed by atoms with van der Waals surface area (Å²) in [5, 5.41) is 16.1. The summed E-state index contributed by atoms with van der Waals surface area (Å²) in [6, 6.07) is 17.8. The Kier molecular flexibility index (Phi) is 5.60. The summed E-state index contributed by atoms with van der Waals surface area (Å²) in [5.74, 6) is -1.70. The van der Waals surface area contributed by atoms with Crippen molar-refractivity contribution >= 4 is 5.97 Å². The summed E-state index contributed by atoms with van der Waals surface area (Å²) in [6.07, 6.45) is 0. The molecule has 156 valence electrons. The van der Waals surface area contributed by atoms with E-state index in [1.54, 1.807) is 0 Å². The number of aromatic carboxylic acids is 1. The number of nitrogens with zero attached hydrogens (tertiary/aromatic N) is 2. The smallest absolute Gasteiger partial charge is 0.338 e. The van der Waals surface area contributed by atoms with Gasteiger partial charge in [0.1, 0.15) is 5.82 Å². The third-order valence-corrected chi connectivity index (χ3v) is 5.04. The van der Waals surface area contributed by atoms with Crippen LogP contribution in [0.4, 0.5) is 4.39 Å². The van der Waals surface area contributed by atoms with Crippen molar-refractivity contribution in [1.29, 1.82) is 0 Å². The molecule has 0 amide bonds. The molecular formula is C24H20FN3O3. The Morgan fingerprint density at radius 1 is 1.06 bits per heavy atom. The normalized spacial score (nSPS) is 10.9. The molecule has 2 N–H and O–H groups in total. The van der Waals surface area contributed by atoms with Crippen molar-refractivity contribution in [3.63, 3.8) is 0 Å². The van der Waals surface area contributed by atoms with Crippen molar-refractivity contribution in [3.8, 4) is 34.0 Å². The van der Waals surface area contributed by atoms with Crippen LogP contribution >= 0.6 is 0 Å². The number of halogens is 1. The van der Waals surface area contributed by atoms with Gasteiger partial charge >= 0.3 is 5.97 Å². The molecule has 3 aromatic carbocycles. The van der Waals surface area contributed by atoms with E-state index >= 15 is 0 Å². The van der Waals surface area contributed by atoms with Gasteiger partial charge in [0.25, 0.3) is 5.89 Å². The van der Waals surface area contributed by atoms with Crippen molar-refractivity contribution in [3.05, 3.63) is 83.2 Å². The minimum Gasteiger partial charge on any atom is -0.478 e. The zero-order valence-corrected chi connectivity index (χ0v) is 17.0. The number of carboxylic acids is 1. The first-order chi connectivity index (χ1) is 15.0. The minimum absolute atomic E-state index is 0.184. The summed E-state index contributed by atoms with van der Waals surface area (Å²) in [6.45, 7) is 2.73. The lowest BCUT2D eigenvalue weighted by Crippen LogP contribution is -2.07. The number of aromatic nitrogens is 2. The number of carbonyl (C=O) groups is 1. The predicted octanol–water partition coefficient (Wildman–Crippen LogP) is 4.94. The molecule has 0 spiro atoms. The molecule has 0 aliphatic rings. The second-order valence-corrected chi connectivity index (χ2v) is 7.14. The largest absolute Gasteiger partial charge is 0.478 e. The van der Waals surface area contributed by atoms with Crippen LogP contribution in [0.25, 0.3) is 34.0 Å². The zero-order chi connectivity index (χ0) is 22.0. The van der Waals surface area contributed by atoms with Gasteiger partial charge in [-0.2, -0.15) is 4.98 Å². The average Bonchev–Trinajstić information content (AvgIpc) is 3.24. The second kappa shape index (κ2) is 8.49. The van der Waals surface area contributed by atoms with Crippen molar-refractivity contribution in [2.75, 3.05) is 7.05 Å². The molecule has 7 heteroatoms. The van der Waals surface area contributed by atoms with E-state index in [-0.39, 0.29) is 5.82 Å². The molecule has 1 aromatic heterocycles. The van der Waals surface area contributed by atoms with Crippen LogP contribution in [0.1, 0.15) is 21.5 Å². The SMILES string of the molecule is CNCc1cc(-c2nc(-c3ccc(C(=O)O)c(F)c3)no2)ccc1-c1ccccc1C. The van der Waals surface area contributed by atoms with E-state index < -0.39 is 17.3 Å². The average molecular weight is 417 g/mol. The molecule has 4 aromatic rings. The van der Waals surface area contributed by atoms with E-state index in [1.807, 2.05) is 37.4 Å². The van der Waals surface area contributed by atoms with Gasteiger partial charge in [0.15, 0.2) is 0 Å². The van der Waals surface area contributed by atoms with E-state index in [4.69, 9.17) is 9.63 Å². The summed E-state index contributed by atoms with van der Waals surface area (Å²) < 4.78 is 19.4. The standard InChI is InChI=1S/C24H20FN3O3/c1-14-5-3-4-6-18(14)19-9-8-16(11-17(19)13-26-2)23-27-22(28-31-23)15-7-10-20(24(29)30)21(25)12-15/h3-12,26H,13H2,1-2H3,(H,29,30). The maximum Gasteiger partial charge on any atom is 0.338 e.